The van der Waals surface area contributed by atoms with Gasteiger partial charge in [-0.2, -0.15) is 0 Å². The number of rotatable bonds is 1. The fourth-order valence-corrected chi connectivity index (χ4v) is 7.94. The first kappa shape index (κ1) is 16.5. The highest BCUT2D eigenvalue weighted by Gasteiger charge is 2.63. The van der Waals surface area contributed by atoms with Crippen molar-refractivity contribution in [3.8, 4) is 0 Å². The van der Waals surface area contributed by atoms with Crippen LogP contribution < -0.4 is 5.32 Å². The third-order valence-corrected chi connectivity index (χ3v) is 9.03. The van der Waals surface area contributed by atoms with Gasteiger partial charge in [0, 0.05) is 17.9 Å². The second kappa shape index (κ2) is 5.19. The van der Waals surface area contributed by atoms with Crippen molar-refractivity contribution in [2.75, 3.05) is 6.54 Å². The maximum Gasteiger partial charge on any atom is 0.159 e. The average Bonchev–Trinajstić information content (AvgIpc) is 3.08. The molecule has 8 unspecified atom stereocenters. The lowest BCUT2D eigenvalue weighted by Crippen LogP contribution is -2.57. The first-order chi connectivity index (χ1) is 11.9. The molecule has 2 aliphatic heterocycles. The van der Waals surface area contributed by atoms with Crippen LogP contribution in [0.5, 0.6) is 0 Å². The molecule has 2 saturated carbocycles. The van der Waals surface area contributed by atoms with Crippen molar-refractivity contribution in [3.63, 3.8) is 0 Å². The van der Waals surface area contributed by atoms with E-state index in [1.165, 1.54) is 37.7 Å². The van der Waals surface area contributed by atoms with Gasteiger partial charge in [0.1, 0.15) is 6.23 Å². The Morgan fingerprint density at radius 3 is 2.80 bits per heavy atom. The molecule has 5 aliphatic rings. The van der Waals surface area contributed by atoms with Crippen LogP contribution in [0.4, 0.5) is 0 Å². The van der Waals surface area contributed by atoms with E-state index in [9.17, 15) is 4.79 Å². The summed E-state index contributed by atoms with van der Waals surface area (Å²) in [4.78, 5) is 12.8. The molecule has 25 heavy (non-hydrogen) atoms. The van der Waals surface area contributed by atoms with Gasteiger partial charge in [0.15, 0.2) is 5.78 Å². The zero-order chi connectivity index (χ0) is 17.6. The van der Waals surface area contributed by atoms with E-state index in [1.54, 1.807) is 0 Å². The Labute approximate surface area is 152 Å². The van der Waals surface area contributed by atoms with Gasteiger partial charge in [0.05, 0.1) is 6.10 Å². The number of nitrogens with one attached hydrogen (secondary N) is 1. The SMILES string of the molecule is CC(C)C1C(=O)C=C2C3CCC4CC5NCC(O5)C4(C)C3CCC21C. The highest BCUT2D eigenvalue weighted by molar-refractivity contribution is 5.97. The molecular formula is C22H33NO2. The molecule has 0 amide bonds. The van der Waals surface area contributed by atoms with Gasteiger partial charge < -0.3 is 4.74 Å². The summed E-state index contributed by atoms with van der Waals surface area (Å²) < 4.78 is 6.34. The smallest absolute Gasteiger partial charge is 0.159 e. The molecule has 2 heterocycles. The molecule has 0 spiro atoms. The van der Waals surface area contributed by atoms with Gasteiger partial charge in [-0.25, -0.2) is 0 Å². The molecule has 1 N–H and O–H groups in total. The number of hydrogen-bond acceptors (Lipinski definition) is 3. The zero-order valence-corrected chi connectivity index (χ0v) is 16.2. The first-order valence-corrected chi connectivity index (χ1v) is 10.5. The van der Waals surface area contributed by atoms with E-state index in [2.05, 4.69) is 39.1 Å². The van der Waals surface area contributed by atoms with E-state index >= 15 is 0 Å². The molecule has 3 heteroatoms. The van der Waals surface area contributed by atoms with E-state index in [4.69, 9.17) is 4.74 Å². The molecule has 0 aromatic heterocycles. The second-order valence-electron chi connectivity index (χ2n) is 10.3. The molecule has 2 bridgehead atoms. The molecule has 0 aromatic carbocycles. The second-order valence-corrected chi connectivity index (χ2v) is 10.3. The predicted molar refractivity (Wildman–Crippen MR) is 97.9 cm³/mol. The largest absolute Gasteiger partial charge is 0.358 e. The Hall–Kier alpha value is -0.670. The van der Waals surface area contributed by atoms with Crippen LogP contribution in [0.25, 0.3) is 0 Å². The normalized spacial score (nSPS) is 54.1. The minimum Gasteiger partial charge on any atom is -0.358 e. The summed E-state index contributed by atoms with van der Waals surface area (Å²) in [7, 11) is 0. The van der Waals surface area contributed by atoms with Crippen LogP contribution in [0.1, 0.15) is 59.8 Å². The van der Waals surface area contributed by atoms with Crippen molar-refractivity contribution >= 4 is 5.78 Å². The fraction of sp³-hybridized carbons (Fsp3) is 0.864. The molecular weight excluding hydrogens is 310 g/mol. The topological polar surface area (TPSA) is 38.3 Å². The highest BCUT2D eigenvalue weighted by atomic mass is 16.5. The number of hydrogen-bond donors (Lipinski definition) is 1. The monoisotopic (exact) mass is 343 g/mol. The van der Waals surface area contributed by atoms with E-state index in [0.29, 0.717) is 35.9 Å². The van der Waals surface area contributed by atoms with Crippen LogP contribution >= 0.6 is 0 Å². The van der Waals surface area contributed by atoms with E-state index in [-0.39, 0.29) is 16.7 Å². The van der Waals surface area contributed by atoms with Crippen LogP contribution in [-0.2, 0) is 9.53 Å². The summed E-state index contributed by atoms with van der Waals surface area (Å²) in [6.45, 7) is 10.4. The number of carbonyl (C=O) groups excluding carboxylic acids is 1. The summed E-state index contributed by atoms with van der Waals surface area (Å²) in [5, 5.41) is 3.59. The lowest BCUT2D eigenvalue weighted by Gasteiger charge is -2.60. The van der Waals surface area contributed by atoms with Crippen LogP contribution in [0.2, 0.25) is 0 Å². The van der Waals surface area contributed by atoms with Gasteiger partial charge in [-0.15, -0.1) is 0 Å². The van der Waals surface area contributed by atoms with Crippen LogP contribution in [0, 0.1) is 40.4 Å². The van der Waals surface area contributed by atoms with Gasteiger partial charge in [-0.05, 0) is 67.3 Å². The number of allylic oxidation sites excluding steroid dienone is 2. The fourth-order valence-electron chi connectivity index (χ4n) is 7.94. The van der Waals surface area contributed by atoms with Gasteiger partial charge in [0.2, 0.25) is 0 Å². The summed E-state index contributed by atoms with van der Waals surface area (Å²) >= 11 is 0. The van der Waals surface area contributed by atoms with Crippen LogP contribution in [0.15, 0.2) is 11.6 Å². The lowest BCUT2D eigenvalue weighted by molar-refractivity contribution is -0.173. The molecule has 4 fully saturated rings. The molecule has 5 rings (SSSR count). The maximum absolute atomic E-state index is 12.8. The van der Waals surface area contributed by atoms with Gasteiger partial charge in [0.25, 0.3) is 0 Å². The van der Waals surface area contributed by atoms with Gasteiger partial charge >= 0.3 is 0 Å². The third-order valence-electron chi connectivity index (χ3n) is 9.03. The standard InChI is InChI=1S/C22H33NO2/c1-12(2)20-17(24)10-16-14-6-5-13-9-19-23-11-18(25-19)22(13,4)15(14)7-8-21(16,20)3/h10,12-15,18-20,23H,5-9,11H2,1-4H3. The van der Waals surface area contributed by atoms with E-state index < -0.39 is 0 Å². The molecule has 8 atom stereocenters. The third kappa shape index (κ3) is 1.97. The van der Waals surface area contributed by atoms with Crippen LogP contribution in [-0.4, -0.2) is 24.7 Å². The Balaban J connectivity index is 1.53. The molecule has 0 radical (unpaired) electrons. The average molecular weight is 344 g/mol. The molecule has 138 valence electrons. The quantitative estimate of drug-likeness (QED) is 0.784. The van der Waals surface area contributed by atoms with E-state index in [1.807, 2.05) is 0 Å². The van der Waals surface area contributed by atoms with Crippen molar-refractivity contribution < 1.29 is 9.53 Å². The molecule has 0 aromatic rings. The summed E-state index contributed by atoms with van der Waals surface area (Å²) in [6, 6.07) is 0. The van der Waals surface area contributed by atoms with Gasteiger partial charge in [-0.3, -0.25) is 10.1 Å². The van der Waals surface area contributed by atoms with Gasteiger partial charge in [-0.1, -0.05) is 33.3 Å². The van der Waals surface area contributed by atoms with Crippen molar-refractivity contribution in [1.82, 2.24) is 5.32 Å². The highest BCUT2D eigenvalue weighted by Crippen LogP contribution is 2.66. The number of ketones is 1. The minimum absolute atomic E-state index is 0.113. The summed E-state index contributed by atoms with van der Waals surface area (Å²) in [6.07, 6.45) is 8.98. The van der Waals surface area contributed by atoms with Crippen molar-refractivity contribution in [2.24, 2.45) is 40.4 Å². The number of fused-ring (bicyclic) bond motifs is 8. The molecule has 3 nitrogen and oxygen atoms in total. The van der Waals surface area contributed by atoms with Crippen LogP contribution in [0.3, 0.4) is 0 Å². The molecule has 3 aliphatic carbocycles. The predicted octanol–water partition coefficient (Wildman–Crippen LogP) is 3.93. The summed E-state index contributed by atoms with van der Waals surface area (Å²) in [5.41, 5.74) is 1.91. The van der Waals surface area contributed by atoms with Crippen molar-refractivity contribution in [1.29, 1.82) is 0 Å². The van der Waals surface area contributed by atoms with E-state index in [0.717, 1.165) is 12.5 Å². The number of ether oxygens (including phenoxy) is 1. The lowest BCUT2D eigenvalue weighted by atomic mass is 9.46. The zero-order valence-electron chi connectivity index (χ0n) is 16.2. The Bertz CT molecular complexity index is 640. The minimum atomic E-state index is 0.113. The van der Waals surface area contributed by atoms with Crippen molar-refractivity contribution in [2.45, 2.75) is 72.1 Å². The van der Waals surface area contributed by atoms with Crippen molar-refractivity contribution in [3.05, 3.63) is 11.6 Å². The maximum atomic E-state index is 12.8. The Morgan fingerprint density at radius 1 is 1.24 bits per heavy atom. The Kier molecular flexibility index (Phi) is 3.43. The summed E-state index contributed by atoms with van der Waals surface area (Å²) in [5.74, 6) is 3.13. The molecule has 2 saturated heterocycles. The number of carbonyl (C=O) groups is 1. The Morgan fingerprint density at radius 2 is 2.04 bits per heavy atom. The first-order valence-electron chi connectivity index (χ1n) is 10.5.